The van der Waals surface area contributed by atoms with Crippen LogP contribution in [0.25, 0.3) is 16.4 Å². The van der Waals surface area contributed by atoms with E-state index in [1.165, 1.54) is 0 Å². The number of aromatic nitrogens is 3. The van der Waals surface area contributed by atoms with Crippen LogP contribution in [0.5, 0.6) is 0 Å². The topological polar surface area (TPSA) is 67.5 Å². The first-order valence-corrected chi connectivity index (χ1v) is 7.73. The van der Waals surface area contributed by atoms with E-state index in [0.717, 1.165) is 27.7 Å². The van der Waals surface area contributed by atoms with E-state index in [1.54, 1.807) is 22.9 Å². The molecule has 4 rings (SSSR count). The molecule has 3 aromatic heterocycles. The van der Waals surface area contributed by atoms with Crippen LogP contribution in [0.2, 0.25) is 5.02 Å². The number of hydrogen-bond acceptors (Lipinski definition) is 3. The fraction of sp³-hybridized carbons (Fsp3) is 0.0556. The lowest BCUT2D eigenvalue weighted by atomic mass is 10.1. The zero-order chi connectivity index (χ0) is 16.7. The molecule has 6 heteroatoms. The maximum Gasteiger partial charge on any atom is 0.372 e. The first-order valence-electron chi connectivity index (χ1n) is 7.35. The Balaban J connectivity index is 1.80. The van der Waals surface area contributed by atoms with Crippen LogP contribution in [-0.4, -0.2) is 25.4 Å². The van der Waals surface area contributed by atoms with Gasteiger partial charge in [0.1, 0.15) is 0 Å². The standard InChI is InChI=1S/C18H12ClN3O2/c19-13-9-12-7-11(4-5-14(12)20-10-13)8-15-16-3-1-2-6-22(16)17(21-15)18(23)24/h1-7,9-10H,8H2,(H,23,24). The molecule has 0 aliphatic rings. The van der Waals surface area contributed by atoms with Crippen molar-refractivity contribution in [1.82, 2.24) is 14.4 Å². The predicted octanol–water partition coefficient (Wildman–Crippen LogP) is 3.82. The lowest BCUT2D eigenvalue weighted by Crippen LogP contribution is -2.02. The predicted molar refractivity (Wildman–Crippen MR) is 91.7 cm³/mol. The molecular formula is C18H12ClN3O2. The Morgan fingerprint density at radius 2 is 2.08 bits per heavy atom. The second-order valence-electron chi connectivity index (χ2n) is 5.50. The van der Waals surface area contributed by atoms with Crippen molar-refractivity contribution in [2.75, 3.05) is 0 Å². The van der Waals surface area contributed by atoms with E-state index >= 15 is 0 Å². The highest BCUT2D eigenvalue weighted by atomic mass is 35.5. The molecule has 0 unspecified atom stereocenters. The van der Waals surface area contributed by atoms with Gasteiger partial charge in [0.05, 0.1) is 21.7 Å². The van der Waals surface area contributed by atoms with Crippen LogP contribution in [0.4, 0.5) is 0 Å². The molecule has 1 aromatic carbocycles. The molecule has 0 atom stereocenters. The third-order valence-corrected chi connectivity index (χ3v) is 4.11. The van der Waals surface area contributed by atoms with Gasteiger partial charge >= 0.3 is 5.97 Å². The Morgan fingerprint density at radius 1 is 1.21 bits per heavy atom. The van der Waals surface area contributed by atoms with E-state index in [-0.39, 0.29) is 5.82 Å². The molecule has 0 radical (unpaired) electrons. The largest absolute Gasteiger partial charge is 0.475 e. The summed E-state index contributed by atoms with van der Waals surface area (Å²) >= 11 is 6.00. The van der Waals surface area contributed by atoms with Gasteiger partial charge in [-0.1, -0.05) is 23.7 Å². The number of carboxylic acids is 1. The number of pyridine rings is 2. The highest BCUT2D eigenvalue weighted by Crippen LogP contribution is 2.22. The zero-order valence-electron chi connectivity index (χ0n) is 12.5. The number of carboxylic acid groups (broad SMARTS) is 1. The number of rotatable bonds is 3. The highest BCUT2D eigenvalue weighted by molar-refractivity contribution is 6.31. The molecule has 118 valence electrons. The molecule has 0 saturated carbocycles. The van der Waals surface area contributed by atoms with E-state index < -0.39 is 5.97 Å². The molecule has 0 amide bonds. The third-order valence-electron chi connectivity index (χ3n) is 3.90. The molecule has 4 aromatic rings. The average Bonchev–Trinajstić information content (AvgIpc) is 2.94. The van der Waals surface area contributed by atoms with Crippen molar-refractivity contribution in [2.24, 2.45) is 0 Å². The average molecular weight is 338 g/mol. The van der Waals surface area contributed by atoms with E-state index in [9.17, 15) is 9.90 Å². The van der Waals surface area contributed by atoms with Gasteiger partial charge in [0.2, 0.25) is 5.82 Å². The van der Waals surface area contributed by atoms with E-state index in [2.05, 4.69) is 9.97 Å². The summed E-state index contributed by atoms with van der Waals surface area (Å²) in [5, 5.41) is 10.9. The van der Waals surface area contributed by atoms with Crippen LogP contribution in [-0.2, 0) is 6.42 Å². The van der Waals surface area contributed by atoms with Gasteiger partial charge in [0, 0.05) is 24.2 Å². The molecule has 5 nitrogen and oxygen atoms in total. The molecule has 0 bridgehead atoms. The van der Waals surface area contributed by atoms with Gasteiger partial charge < -0.3 is 5.11 Å². The quantitative estimate of drug-likeness (QED) is 0.617. The molecule has 1 N–H and O–H groups in total. The van der Waals surface area contributed by atoms with Crippen LogP contribution in [0.15, 0.2) is 54.9 Å². The van der Waals surface area contributed by atoms with Crippen molar-refractivity contribution in [3.05, 3.63) is 77.0 Å². The summed E-state index contributed by atoms with van der Waals surface area (Å²) < 4.78 is 1.59. The molecule has 0 spiro atoms. The lowest BCUT2D eigenvalue weighted by molar-refractivity contribution is 0.0682. The van der Waals surface area contributed by atoms with E-state index in [0.29, 0.717) is 11.4 Å². The monoisotopic (exact) mass is 337 g/mol. The lowest BCUT2D eigenvalue weighted by Gasteiger charge is -2.03. The van der Waals surface area contributed by atoms with Gasteiger partial charge in [-0.3, -0.25) is 9.38 Å². The maximum absolute atomic E-state index is 11.4. The summed E-state index contributed by atoms with van der Waals surface area (Å²) in [5.41, 5.74) is 3.40. The van der Waals surface area contributed by atoms with Crippen LogP contribution >= 0.6 is 11.6 Å². The van der Waals surface area contributed by atoms with Gasteiger partial charge in [-0.2, -0.15) is 0 Å². The number of nitrogens with zero attached hydrogens (tertiary/aromatic N) is 3. The normalized spacial score (nSPS) is 11.2. The highest BCUT2D eigenvalue weighted by Gasteiger charge is 2.16. The number of hydrogen-bond donors (Lipinski definition) is 1. The first kappa shape index (κ1) is 14.7. The third kappa shape index (κ3) is 2.49. The number of benzene rings is 1. The number of aromatic carboxylic acids is 1. The summed E-state index contributed by atoms with van der Waals surface area (Å²) in [6.07, 6.45) is 3.86. The van der Waals surface area contributed by atoms with Gasteiger partial charge in [0.25, 0.3) is 0 Å². The fourth-order valence-electron chi connectivity index (χ4n) is 2.84. The molecule has 3 heterocycles. The zero-order valence-corrected chi connectivity index (χ0v) is 13.2. The number of fused-ring (bicyclic) bond motifs is 2. The Labute approximate surface area is 142 Å². The van der Waals surface area contributed by atoms with Crippen LogP contribution in [0.3, 0.4) is 0 Å². The first-order chi connectivity index (χ1) is 11.6. The Hall–Kier alpha value is -2.92. The number of carbonyl (C=O) groups is 1. The Bertz CT molecular complexity index is 1090. The van der Waals surface area contributed by atoms with Gasteiger partial charge in [-0.15, -0.1) is 0 Å². The summed E-state index contributed by atoms with van der Waals surface area (Å²) in [4.78, 5) is 20.0. The smallest absolute Gasteiger partial charge is 0.372 e. The summed E-state index contributed by atoms with van der Waals surface area (Å²) in [7, 11) is 0. The van der Waals surface area contributed by atoms with Gasteiger partial charge in [-0.25, -0.2) is 9.78 Å². The Kier molecular flexibility index (Phi) is 3.43. The van der Waals surface area contributed by atoms with Crippen LogP contribution in [0, 0.1) is 0 Å². The minimum absolute atomic E-state index is 0.0195. The SMILES string of the molecule is O=C(O)c1nc(Cc2ccc3ncc(Cl)cc3c2)c2ccccn12. The van der Waals surface area contributed by atoms with E-state index in [4.69, 9.17) is 11.6 Å². The minimum Gasteiger partial charge on any atom is -0.475 e. The summed E-state index contributed by atoms with van der Waals surface area (Å²) in [6.45, 7) is 0. The second kappa shape index (κ2) is 5.62. The number of imidazole rings is 1. The van der Waals surface area contributed by atoms with Crippen molar-refractivity contribution in [2.45, 2.75) is 6.42 Å². The molecule has 0 fully saturated rings. The Morgan fingerprint density at radius 3 is 2.92 bits per heavy atom. The van der Waals surface area contributed by atoms with Crippen LogP contribution in [0.1, 0.15) is 21.9 Å². The van der Waals surface area contributed by atoms with Crippen molar-refractivity contribution in [1.29, 1.82) is 0 Å². The van der Waals surface area contributed by atoms with Gasteiger partial charge in [-0.05, 0) is 35.9 Å². The van der Waals surface area contributed by atoms with Gasteiger partial charge in [0.15, 0.2) is 0 Å². The minimum atomic E-state index is -1.04. The van der Waals surface area contributed by atoms with Crippen molar-refractivity contribution in [3.8, 4) is 0 Å². The molecule has 24 heavy (non-hydrogen) atoms. The van der Waals surface area contributed by atoms with Crippen molar-refractivity contribution in [3.63, 3.8) is 0 Å². The molecule has 0 aliphatic heterocycles. The fourth-order valence-corrected chi connectivity index (χ4v) is 3.01. The van der Waals surface area contributed by atoms with Crippen LogP contribution < -0.4 is 0 Å². The van der Waals surface area contributed by atoms with Crippen molar-refractivity contribution >= 4 is 34.0 Å². The summed E-state index contributed by atoms with van der Waals surface area (Å²) in [5.74, 6) is -1.02. The molecule has 0 aliphatic carbocycles. The second-order valence-corrected chi connectivity index (χ2v) is 5.94. The summed E-state index contributed by atoms with van der Waals surface area (Å²) in [6, 6.07) is 13.3. The van der Waals surface area contributed by atoms with E-state index in [1.807, 2.05) is 36.4 Å². The van der Waals surface area contributed by atoms with Crippen molar-refractivity contribution < 1.29 is 9.90 Å². The molecular weight excluding hydrogens is 326 g/mol. The maximum atomic E-state index is 11.4. The number of halogens is 1. The molecule has 0 saturated heterocycles.